The monoisotopic (exact) mass is 251 g/mol. The van der Waals surface area contributed by atoms with Crippen LogP contribution in [0.2, 0.25) is 0 Å². The van der Waals surface area contributed by atoms with E-state index in [1.165, 1.54) is 0 Å². The van der Waals surface area contributed by atoms with Crippen molar-refractivity contribution in [3.63, 3.8) is 0 Å². The lowest BCUT2D eigenvalue weighted by Crippen LogP contribution is -2.24. The molecule has 1 aromatic rings. The van der Waals surface area contributed by atoms with E-state index in [0.717, 1.165) is 31.1 Å². The quantitative estimate of drug-likeness (QED) is 0.806. The number of likely N-dealkylation sites (tertiary alicyclic amines) is 1. The highest BCUT2D eigenvalue weighted by Crippen LogP contribution is 2.16. The molecule has 1 saturated heterocycles. The molecule has 2 rings (SSSR count). The molecule has 100 valence electrons. The molecule has 1 aliphatic rings. The maximum atomic E-state index is 5.08. The van der Waals surface area contributed by atoms with E-state index < -0.39 is 0 Å². The minimum atomic E-state index is 0.425. The Morgan fingerprint density at radius 2 is 2.22 bits per heavy atom. The van der Waals surface area contributed by atoms with Crippen LogP contribution in [0.5, 0.6) is 0 Å². The number of ether oxygens (including phenoxy) is 1. The van der Waals surface area contributed by atoms with Crippen LogP contribution in [-0.2, 0) is 11.3 Å². The predicted octanol–water partition coefficient (Wildman–Crippen LogP) is 0.781. The van der Waals surface area contributed by atoms with Gasteiger partial charge in [0, 0.05) is 32.8 Å². The van der Waals surface area contributed by atoms with E-state index in [2.05, 4.69) is 32.5 Å². The van der Waals surface area contributed by atoms with Crippen LogP contribution in [0.1, 0.15) is 12.2 Å². The molecule has 1 fully saturated rings. The van der Waals surface area contributed by atoms with Gasteiger partial charge in [0.05, 0.1) is 0 Å². The molecule has 0 saturated carbocycles. The van der Waals surface area contributed by atoms with Gasteiger partial charge in [-0.25, -0.2) is 9.97 Å². The minimum absolute atomic E-state index is 0.425. The summed E-state index contributed by atoms with van der Waals surface area (Å²) in [5.41, 5.74) is 0. The van der Waals surface area contributed by atoms with Crippen molar-refractivity contribution in [1.82, 2.24) is 14.9 Å². The average Bonchev–Trinajstić information content (AvgIpc) is 2.75. The number of nitrogens with one attached hydrogen (secondary N) is 2. The SMILES string of the molecule is CNc1cc(NC2CCN(C)C2)nc(COC)n1. The normalized spacial score (nSPS) is 20.1. The number of methoxy groups -OCH3 is 1. The Kier molecular flexibility index (Phi) is 4.33. The van der Waals surface area contributed by atoms with Gasteiger partial charge in [0.2, 0.25) is 0 Å². The summed E-state index contributed by atoms with van der Waals surface area (Å²) in [5, 5.41) is 6.50. The van der Waals surface area contributed by atoms with Gasteiger partial charge in [0.15, 0.2) is 5.82 Å². The van der Waals surface area contributed by atoms with Crippen LogP contribution in [0.3, 0.4) is 0 Å². The molecule has 0 amide bonds. The third kappa shape index (κ3) is 3.30. The summed E-state index contributed by atoms with van der Waals surface area (Å²) in [6.45, 7) is 2.61. The number of hydrogen-bond donors (Lipinski definition) is 2. The lowest BCUT2D eigenvalue weighted by atomic mass is 10.2. The van der Waals surface area contributed by atoms with Crippen LogP contribution in [0.4, 0.5) is 11.6 Å². The summed E-state index contributed by atoms with van der Waals surface area (Å²) < 4.78 is 5.08. The first kappa shape index (κ1) is 13.0. The third-order valence-electron chi connectivity index (χ3n) is 3.05. The highest BCUT2D eigenvalue weighted by atomic mass is 16.5. The van der Waals surface area contributed by atoms with E-state index in [0.29, 0.717) is 18.5 Å². The van der Waals surface area contributed by atoms with Crippen LogP contribution < -0.4 is 10.6 Å². The van der Waals surface area contributed by atoms with Gasteiger partial charge < -0.3 is 20.3 Å². The molecule has 1 aliphatic heterocycles. The average molecular weight is 251 g/mol. The Balaban J connectivity index is 2.08. The van der Waals surface area contributed by atoms with Crippen molar-refractivity contribution in [2.75, 3.05) is 44.9 Å². The summed E-state index contributed by atoms with van der Waals surface area (Å²) >= 11 is 0. The fraction of sp³-hybridized carbons (Fsp3) is 0.667. The summed E-state index contributed by atoms with van der Waals surface area (Å²) in [6.07, 6.45) is 1.15. The van der Waals surface area contributed by atoms with Gasteiger partial charge in [-0.05, 0) is 20.0 Å². The number of anilines is 2. The zero-order chi connectivity index (χ0) is 13.0. The molecule has 0 aliphatic carbocycles. The number of nitrogens with zero attached hydrogens (tertiary/aromatic N) is 3. The lowest BCUT2D eigenvalue weighted by Gasteiger charge is -2.15. The molecule has 0 aromatic carbocycles. The van der Waals surface area contributed by atoms with E-state index in [-0.39, 0.29) is 0 Å². The van der Waals surface area contributed by atoms with E-state index in [9.17, 15) is 0 Å². The van der Waals surface area contributed by atoms with Crippen LogP contribution in [0.15, 0.2) is 6.07 Å². The maximum Gasteiger partial charge on any atom is 0.158 e. The highest BCUT2D eigenvalue weighted by Gasteiger charge is 2.19. The number of aromatic nitrogens is 2. The second kappa shape index (κ2) is 5.97. The van der Waals surface area contributed by atoms with Crippen molar-refractivity contribution in [3.8, 4) is 0 Å². The Labute approximate surface area is 108 Å². The van der Waals surface area contributed by atoms with Crippen molar-refractivity contribution in [1.29, 1.82) is 0 Å². The maximum absolute atomic E-state index is 5.08. The molecule has 6 heteroatoms. The molecule has 2 heterocycles. The molecule has 0 spiro atoms. The van der Waals surface area contributed by atoms with E-state index in [1.807, 2.05) is 13.1 Å². The Morgan fingerprint density at radius 1 is 1.44 bits per heavy atom. The Morgan fingerprint density at radius 3 is 2.83 bits per heavy atom. The van der Waals surface area contributed by atoms with Crippen LogP contribution >= 0.6 is 0 Å². The van der Waals surface area contributed by atoms with Crippen LogP contribution in [0.25, 0.3) is 0 Å². The van der Waals surface area contributed by atoms with Crippen molar-refractivity contribution in [2.45, 2.75) is 19.1 Å². The topological polar surface area (TPSA) is 62.3 Å². The van der Waals surface area contributed by atoms with Crippen LogP contribution in [-0.4, -0.2) is 55.2 Å². The van der Waals surface area contributed by atoms with Crippen molar-refractivity contribution in [2.24, 2.45) is 0 Å². The first-order valence-electron chi connectivity index (χ1n) is 6.21. The molecule has 1 aromatic heterocycles. The smallest absolute Gasteiger partial charge is 0.158 e. The van der Waals surface area contributed by atoms with Crippen molar-refractivity contribution >= 4 is 11.6 Å². The van der Waals surface area contributed by atoms with Gasteiger partial charge in [0.1, 0.15) is 18.2 Å². The van der Waals surface area contributed by atoms with Gasteiger partial charge in [-0.3, -0.25) is 0 Å². The third-order valence-corrected chi connectivity index (χ3v) is 3.05. The lowest BCUT2D eigenvalue weighted by molar-refractivity contribution is 0.178. The van der Waals surface area contributed by atoms with Gasteiger partial charge in [0.25, 0.3) is 0 Å². The number of likely N-dealkylation sites (N-methyl/N-ethyl adjacent to an activating group) is 1. The second-order valence-corrected chi connectivity index (χ2v) is 4.63. The van der Waals surface area contributed by atoms with Crippen molar-refractivity contribution in [3.05, 3.63) is 11.9 Å². The van der Waals surface area contributed by atoms with Crippen LogP contribution in [0, 0.1) is 0 Å². The zero-order valence-electron chi connectivity index (χ0n) is 11.2. The van der Waals surface area contributed by atoms with Gasteiger partial charge in [-0.2, -0.15) is 0 Å². The summed E-state index contributed by atoms with van der Waals surface area (Å²) in [6, 6.07) is 2.39. The molecule has 18 heavy (non-hydrogen) atoms. The molecule has 2 N–H and O–H groups in total. The minimum Gasteiger partial charge on any atom is -0.377 e. The van der Waals surface area contributed by atoms with Gasteiger partial charge >= 0.3 is 0 Å². The molecular formula is C12H21N5O. The van der Waals surface area contributed by atoms with Gasteiger partial charge in [-0.1, -0.05) is 0 Å². The van der Waals surface area contributed by atoms with E-state index in [1.54, 1.807) is 7.11 Å². The summed E-state index contributed by atoms with van der Waals surface area (Å²) in [4.78, 5) is 11.1. The molecule has 0 radical (unpaired) electrons. The van der Waals surface area contributed by atoms with E-state index >= 15 is 0 Å². The Hall–Kier alpha value is -1.40. The molecular weight excluding hydrogens is 230 g/mol. The van der Waals surface area contributed by atoms with Gasteiger partial charge in [-0.15, -0.1) is 0 Å². The molecule has 1 atom stereocenters. The molecule has 1 unspecified atom stereocenters. The number of hydrogen-bond acceptors (Lipinski definition) is 6. The summed E-state index contributed by atoms with van der Waals surface area (Å²) in [5.74, 6) is 2.37. The van der Waals surface area contributed by atoms with E-state index in [4.69, 9.17) is 4.74 Å². The fourth-order valence-corrected chi connectivity index (χ4v) is 2.15. The first-order chi connectivity index (χ1) is 8.71. The molecule has 6 nitrogen and oxygen atoms in total. The standard InChI is InChI=1S/C12H21N5O/c1-13-10-6-11(16-12(15-10)8-18-3)14-9-4-5-17(2)7-9/h6,9H,4-5,7-8H2,1-3H3,(H2,13,14,15,16). The fourth-order valence-electron chi connectivity index (χ4n) is 2.15. The highest BCUT2D eigenvalue weighted by molar-refractivity contribution is 5.47. The Bertz CT molecular complexity index is 398. The number of rotatable bonds is 5. The van der Waals surface area contributed by atoms with Crippen molar-refractivity contribution < 1.29 is 4.74 Å². The second-order valence-electron chi connectivity index (χ2n) is 4.63. The summed E-state index contributed by atoms with van der Waals surface area (Å²) in [7, 11) is 5.64. The predicted molar refractivity (Wildman–Crippen MR) is 71.8 cm³/mol. The molecule has 0 bridgehead atoms. The first-order valence-corrected chi connectivity index (χ1v) is 6.21. The largest absolute Gasteiger partial charge is 0.377 e. The zero-order valence-corrected chi connectivity index (χ0v) is 11.2.